The lowest BCUT2D eigenvalue weighted by Crippen LogP contribution is -2.41. The highest BCUT2D eigenvalue weighted by atomic mass is 32.2. The number of guanidine groups is 1. The Balaban J connectivity index is 2.54. The molecule has 136 valence electrons. The van der Waals surface area contributed by atoms with E-state index >= 15 is 0 Å². The Morgan fingerprint density at radius 3 is 2.67 bits per heavy atom. The fourth-order valence-corrected chi connectivity index (χ4v) is 3.03. The van der Waals surface area contributed by atoms with Gasteiger partial charge < -0.3 is 10.2 Å². The molecule has 0 bridgehead atoms. The second kappa shape index (κ2) is 9.46. The Morgan fingerprint density at radius 1 is 1.38 bits per heavy atom. The van der Waals surface area contributed by atoms with E-state index in [0.29, 0.717) is 11.5 Å². The normalized spacial score (nSPS) is 12.1. The first-order chi connectivity index (χ1) is 11.3. The van der Waals surface area contributed by atoms with Gasteiger partial charge in [-0.25, -0.2) is 12.8 Å². The number of aliphatic imine (C=N–C) groups is 1. The van der Waals surface area contributed by atoms with E-state index in [-0.39, 0.29) is 18.0 Å². The smallest absolute Gasteiger partial charge is 0.234 e. The standard InChI is InChI=1S/C16H27FN4O2S/c1-5-6-10-21(4)16(18-3)19-9-11-24(22,23)20-14-8-7-13(2)15(17)12-14/h7-8,12,20H,5-6,9-11H2,1-4H3,(H,18,19). The summed E-state index contributed by atoms with van der Waals surface area (Å²) in [6, 6.07) is 4.26. The van der Waals surface area contributed by atoms with Gasteiger partial charge in [-0.15, -0.1) is 0 Å². The van der Waals surface area contributed by atoms with Gasteiger partial charge in [0, 0.05) is 27.2 Å². The zero-order valence-corrected chi connectivity index (χ0v) is 15.6. The molecule has 24 heavy (non-hydrogen) atoms. The lowest BCUT2D eigenvalue weighted by Gasteiger charge is -2.21. The van der Waals surface area contributed by atoms with Crippen molar-refractivity contribution in [1.29, 1.82) is 0 Å². The van der Waals surface area contributed by atoms with Gasteiger partial charge >= 0.3 is 0 Å². The minimum Gasteiger partial charge on any atom is -0.355 e. The van der Waals surface area contributed by atoms with Crippen molar-refractivity contribution in [3.05, 3.63) is 29.6 Å². The minimum absolute atomic E-state index is 0.136. The van der Waals surface area contributed by atoms with E-state index in [1.165, 1.54) is 12.1 Å². The number of nitrogens with zero attached hydrogens (tertiary/aromatic N) is 2. The molecular weight excluding hydrogens is 331 g/mol. The van der Waals surface area contributed by atoms with Crippen LogP contribution in [0.4, 0.5) is 10.1 Å². The van der Waals surface area contributed by atoms with Crippen LogP contribution in [0.5, 0.6) is 0 Å². The zero-order chi connectivity index (χ0) is 18.2. The number of unbranched alkanes of at least 4 members (excludes halogenated alkanes) is 1. The van der Waals surface area contributed by atoms with Gasteiger partial charge in [0.1, 0.15) is 5.82 Å². The van der Waals surface area contributed by atoms with Crippen LogP contribution in [-0.2, 0) is 10.0 Å². The van der Waals surface area contributed by atoms with Gasteiger partial charge in [0.25, 0.3) is 0 Å². The molecule has 1 aromatic rings. The van der Waals surface area contributed by atoms with Crippen LogP contribution in [0.3, 0.4) is 0 Å². The molecule has 0 aliphatic carbocycles. The van der Waals surface area contributed by atoms with Gasteiger partial charge in [0.15, 0.2) is 5.96 Å². The third kappa shape index (κ3) is 6.74. The number of nitrogens with one attached hydrogen (secondary N) is 2. The molecule has 0 saturated heterocycles. The van der Waals surface area contributed by atoms with Gasteiger partial charge in [-0.05, 0) is 31.0 Å². The Morgan fingerprint density at radius 2 is 2.08 bits per heavy atom. The van der Waals surface area contributed by atoms with Crippen molar-refractivity contribution in [3.8, 4) is 0 Å². The Kier molecular flexibility index (Phi) is 7.97. The van der Waals surface area contributed by atoms with Crippen molar-refractivity contribution in [2.45, 2.75) is 26.7 Å². The van der Waals surface area contributed by atoms with Gasteiger partial charge in [-0.1, -0.05) is 19.4 Å². The molecule has 8 heteroatoms. The molecule has 0 fully saturated rings. The maximum atomic E-state index is 13.5. The molecular formula is C16H27FN4O2S. The summed E-state index contributed by atoms with van der Waals surface area (Å²) in [4.78, 5) is 6.09. The van der Waals surface area contributed by atoms with Crippen LogP contribution in [0, 0.1) is 12.7 Å². The Labute approximate surface area is 144 Å². The summed E-state index contributed by atoms with van der Waals surface area (Å²) in [5.41, 5.74) is 0.695. The first kappa shape index (κ1) is 20.2. The van der Waals surface area contributed by atoms with E-state index in [2.05, 4.69) is 22.0 Å². The first-order valence-corrected chi connectivity index (χ1v) is 9.62. The largest absolute Gasteiger partial charge is 0.355 e. The number of hydrogen-bond acceptors (Lipinski definition) is 3. The van der Waals surface area contributed by atoms with Crippen molar-refractivity contribution >= 4 is 21.7 Å². The molecule has 0 aliphatic heterocycles. The summed E-state index contributed by atoms with van der Waals surface area (Å²) in [7, 11) is 0.00542. The Hall–Kier alpha value is -1.83. The van der Waals surface area contributed by atoms with E-state index in [4.69, 9.17) is 0 Å². The van der Waals surface area contributed by atoms with E-state index in [0.717, 1.165) is 19.4 Å². The lowest BCUT2D eigenvalue weighted by molar-refractivity contribution is 0.466. The molecule has 6 nitrogen and oxygen atoms in total. The van der Waals surface area contributed by atoms with Crippen LogP contribution in [0.15, 0.2) is 23.2 Å². The summed E-state index contributed by atoms with van der Waals surface area (Å²) >= 11 is 0. The van der Waals surface area contributed by atoms with Crippen LogP contribution in [0.2, 0.25) is 0 Å². The van der Waals surface area contributed by atoms with E-state index < -0.39 is 15.8 Å². The molecule has 0 unspecified atom stereocenters. The number of benzene rings is 1. The molecule has 0 atom stereocenters. The lowest BCUT2D eigenvalue weighted by atomic mass is 10.2. The number of sulfonamides is 1. The van der Waals surface area contributed by atoms with Crippen LogP contribution < -0.4 is 10.0 Å². The zero-order valence-electron chi connectivity index (χ0n) is 14.8. The van der Waals surface area contributed by atoms with Crippen molar-refractivity contribution < 1.29 is 12.8 Å². The van der Waals surface area contributed by atoms with Gasteiger partial charge in [0.2, 0.25) is 10.0 Å². The van der Waals surface area contributed by atoms with Gasteiger partial charge in [0.05, 0.1) is 11.4 Å². The molecule has 0 spiro atoms. The molecule has 0 radical (unpaired) electrons. The minimum atomic E-state index is -3.56. The van der Waals surface area contributed by atoms with Crippen molar-refractivity contribution in [3.63, 3.8) is 0 Å². The molecule has 0 aliphatic rings. The van der Waals surface area contributed by atoms with E-state index in [9.17, 15) is 12.8 Å². The summed E-state index contributed by atoms with van der Waals surface area (Å²) in [5, 5.41) is 3.02. The number of hydrogen-bond donors (Lipinski definition) is 2. The fraction of sp³-hybridized carbons (Fsp3) is 0.562. The van der Waals surface area contributed by atoms with Gasteiger partial charge in [-0.2, -0.15) is 0 Å². The summed E-state index contributed by atoms with van der Waals surface area (Å²) < 4.78 is 40.0. The SMILES string of the molecule is CCCCN(C)C(=NC)NCCS(=O)(=O)Nc1ccc(C)c(F)c1. The second-order valence-corrected chi connectivity index (χ2v) is 7.48. The maximum Gasteiger partial charge on any atom is 0.234 e. The van der Waals surface area contributed by atoms with Crippen molar-refractivity contribution in [2.24, 2.45) is 4.99 Å². The predicted molar refractivity (Wildman–Crippen MR) is 97.4 cm³/mol. The number of anilines is 1. The van der Waals surface area contributed by atoms with Crippen molar-refractivity contribution in [2.75, 3.05) is 37.7 Å². The number of halogens is 1. The third-order valence-electron chi connectivity index (χ3n) is 3.52. The average Bonchev–Trinajstić information content (AvgIpc) is 2.52. The Bertz CT molecular complexity index is 662. The van der Waals surface area contributed by atoms with Crippen LogP contribution in [0.25, 0.3) is 0 Å². The average molecular weight is 358 g/mol. The van der Waals surface area contributed by atoms with Crippen LogP contribution >= 0.6 is 0 Å². The molecule has 0 saturated carbocycles. The van der Waals surface area contributed by atoms with Crippen LogP contribution in [-0.4, -0.2) is 52.2 Å². The molecule has 1 aromatic carbocycles. The summed E-state index contributed by atoms with van der Waals surface area (Å²) in [5.74, 6) is 0.0784. The first-order valence-electron chi connectivity index (χ1n) is 7.97. The highest BCUT2D eigenvalue weighted by Gasteiger charge is 2.12. The van der Waals surface area contributed by atoms with Crippen LogP contribution in [0.1, 0.15) is 25.3 Å². The molecule has 1 rings (SSSR count). The second-order valence-electron chi connectivity index (χ2n) is 5.63. The maximum absolute atomic E-state index is 13.5. The molecule has 2 N–H and O–H groups in total. The number of aryl methyl sites for hydroxylation is 1. The van der Waals surface area contributed by atoms with E-state index in [1.807, 2.05) is 11.9 Å². The molecule has 0 amide bonds. The highest BCUT2D eigenvalue weighted by molar-refractivity contribution is 7.92. The monoisotopic (exact) mass is 358 g/mol. The predicted octanol–water partition coefficient (Wildman–Crippen LogP) is 2.18. The molecule has 0 aromatic heterocycles. The summed E-state index contributed by atoms with van der Waals surface area (Å²) in [6.45, 7) is 4.80. The highest BCUT2D eigenvalue weighted by Crippen LogP contribution is 2.14. The summed E-state index contributed by atoms with van der Waals surface area (Å²) in [6.07, 6.45) is 2.11. The van der Waals surface area contributed by atoms with Crippen molar-refractivity contribution in [1.82, 2.24) is 10.2 Å². The third-order valence-corrected chi connectivity index (χ3v) is 4.81. The van der Waals surface area contributed by atoms with E-state index in [1.54, 1.807) is 20.0 Å². The quantitative estimate of drug-likeness (QED) is 0.552. The topological polar surface area (TPSA) is 73.8 Å². The molecule has 0 heterocycles. The van der Waals surface area contributed by atoms with Gasteiger partial charge in [-0.3, -0.25) is 9.71 Å². The fourth-order valence-electron chi connectivity index (χ4n) is 2.07. The number of rotatable bonds is 8.